The lowest BCUT2D eigenvalue weighted by atomic mass is 10.1. The Morgan fingerprint density at radius 3 is 2.36 bits per heavy atom. The molecule has 0 saturated heterocycles. The van der Waals surface area contributed by atoms with Gasteiger partial charge in [-0.25, -0.2) is 8.42 Å². The Balaban J connectivity index is 2.46. The summed E-state index contributed by atoms with van der Waals surface area (Å²) < 4.78 is 37.3. The predicted octanol–water partition coefficient (Wildman–Crippen LogP) is 2.94. The van der Waals surface area contributed by atoms with Crippen molar-refractivity contribution in [1.82, 2.24) is 4.31 Å². The molecule has 0 saturated carbocycles. The molecule has 2 aromatic carbocycles. The highest BCUT2D eigenvalue weighted by molar-refractivity contribution is 7.89. The minimum Gasteiger partial charge on any atom is -0.495 e. The van der Waals surface area contributed by atoms with Gasteiger partial charge in [0.2, 0.25) is 10.0 Å². The summed E-state index contributed by atoms with van der Waals surface area (Å²) in [7, 11) is -0.871. The Kier molecular flexibility index (Phi) is 9.14. The molecule has 0 fully saturated rings. The third-order valence-corrected chi connectivity index (χ3v) is 6.89. The molecule has 12 heteroatoms. The number of carbonyl (C=O) groups excluding carboxylic acids is 1. The van der Waals surface area contributed by atoms with Crippen molar-refractivity contribution in [3.8, 4) is 5.75 Å². The van der Waals surface area contributed by atoms with Crippen LogP contribution in [0.4, 0.5) is 17.1 Å². The molecule has 0 spiro atoms. The Labute approximate surface area is 192 Å². The molecule has 2 aromatic rings. The van der Waals surface area contributed by atoms with Crippen LogP contribution in [0.25, 0.3) is 0 Å². The molecule has 2 rings (SSSR count). The van der Waals surface area contributed by atoms with E-state index in [-0.39, 0.29) is 40.7 Å². The van der Waals surface area contributed by atoms with Crippen LogP contribution in [0.1, 0.15) is 24.2 Å². The first-order valence-electron chi connectivity index (χ1n) is 10.2. The summed E-state index contributed by atoms with van der Waals surface area (Å²) in [6, 6.07) is 8.00. The van der Waals surface area contributed by atoms with Crippen LogP contribution < -0.4 is 15.4 Å². The number of carbonyl (C=O) groups is 1. The van der Waals surface area contributed by atoms with E-state index in [2.05, 4.69) is 10.6 Å². The summed E-state index contributed by atoms with van der Waals surface area (Å²) >= 11 is 0. The van der Waals surface area contributed by atoms with Crippen molar-refractivity contribution < 1.29 is 27.6 Å². The molecule has 11 nitrogen and oxygen atoms in total. The lowest BCUT2D eigenvalue weighted by Gasteiger charge is -2.20. The number of nitro groups is 1. The summed E-state index contributed by atoms with van der Waals surface area (Å²) in [6.45, 7) is 4.77. The molecule has 0 aliphatic rings. The number of methoxy groups -OCH3 is 2. The van der Waals surface area contributed by atoms with Crippen LogP contribution in [0.3, 0.4) is 0 Å². The van der Waals surface area contributed by atoms with E-state index < -0.39 is 20.9 Å². The van der Waals surface area contributed by atoms with Crippen LogP contribution in [0.2, 0.25) is 0 Å². The van der Waals surface area contributed by atoms with Crippen LogP contribution in [0.15, 0.2) is 41.3 Å². The molecule has 0 heterocycles. The van der Waals surface area contributed by atoms with Crippen LogP contribution in [-0.4, -0.2) is 64.0 Å². The first-order valence-corrected chi connectivity index (χ1v) is 11.6. The highest BCUT2D eigenvalue weighted by Gasteiger charge is 2.24. The average molecular weight is 481 g/mol. The van der Waals surface area contributed by atoms with Crippen molar-refractivity contribution in [2.45, 2.75) is 18.7 Å². The summed E-state index contributed by atoms with van der Waals surface area (Å²) in [5.74, 6) is -0.435. The van der Waals surface area contributed by atoms with Gasteiger partial charge in [-0.1, -0.05) is 13.8 Å². The quantitative estimate of drug-likeness (QED) is 0.268. The molecule has 33 heavy (non-hydrogen) atoms. The smallest absolute Gasteiger partial charge is 0.270 e. The molecule has 0 atom stereocenters. The summed E-state index contributed by atoms with van der Waals surface area (Å²) in [4.78, 5) is 23.7. The van der Waals surface area contributed by atoms with Gasteiger partial charge in [0.25, 0.3) is 11.6 Å². The second kappa shape index (κ2) is 11.6. The number of benzene rings is 2. The van der Waals surface area contributed by atoms with E-state index in [4.69, 9.17) is 9.47 Å². The molecule has 180 valence electrons. The van der Waals surface area contributed by atoms with Crippen molar-refractivity contribution in [2.24, 2.45) is 0 Å². The fourth-order valence-corrected chi connectivity index (χ4v) is 4.61. The second-order valence-electron chi connectivity index (χ2n) is 6.81. The van der Waals surface area contributed by atoms with Crippen LogP contribution >= 0.6 is 0 Å². The fourth-order valence-electron chi connectivity index (χ4n) is 3.12. The minimum absolute atomic E-state index is 0.0133. The van der Waals surface area contributed by atoms with Crippen molar-refractivity contribution in [1.29, 1.82) is 0 Å². The third-order valence-electron chi connectivity index (χ3n) is 4.84. The van der Waals surface area contributed by atoms with Gasteiger partial charge in [-0.3, -0.25) is 14.9 Å². The van der Waals surface area contributed by atoms with Crippen molar-refractivity contribution >= 4 is 33.0 Å². The number of non-ortho nitro benzene ring substituents is 1. The zero-order chi connectivity index (χ0) is 24.6. The van der Waals surface area contributed by atoms with E-state index >= 15 is 0 Å². The molecular formula is C21H28N4O7S. The van der Waals surface area contributed by atoms with Gasteiger partial charge < -0.3 is 20.1 Å². The first-order chi connectivity index (χ1) is 15.7. The fraction of sp³-hybridized carbons (Fsp3) is 0.381. The maximum Gasteiger partial charge on any atom is 0.270 e. The standard InChI is InChI=1S/C21H28N4O7S/c1-5-24(6-2)33(29,30)16-8-10-20(32-4)19(14-16)23-21(26)17-13-15(25(27)28)7-9-18(17)22-11-12-31-3/h7-10,13-14,22H,5-6,11-12H2,1-4H3,(H,23,26). The lowest BCUT2D eigenvalue weighted by molar-refractivity contribution is -0.384. The highest BCUT2D eigenvalue weighted by atomic mass is 32.2. The average Bonchev–Trinajstić information content (AvgIpc) is 2.79. The second-order valence-corrected chi connectivity index (χ2v) is 8.75. The van der Waals surface area contributed by atoms with Gasteiger partial charge in [-0.05, 0) is 24.3 Å². The van der Waals surface area contributed by atoms with E-state index in [0.29, 0.717) is 18.8 Å². The molecule has 0 aromatic heterocycles. The van der Waals surface area contributed by atoms with E-state index in [1.807, 2.05) is 0 Å². The van der Waals surface area contributed by atoms with Gasteiger partial charge in [-0.2, -0.15) is 4.31 Å². The Morgan fingerprint density at radius 2 is 1.79 bits per heavy atom. The largest absolute Gasteiger partial charge is 0.495 e. The van der Waals surface area contributed by atoms with Gasteiger partial charge in [0.1, 0.15) is 5.75 Å². The molecule has 0 aliphatic heterocycles. The summed E-state index contributed by atoms with van der Waals surface area (Å²) in [5.41, 5.74) is 0.229. The molecular weight excluding hydrogens is 452 g/mol. The molecule has 0 aliphatic carbocycles. The van der Waals surface area contributed by atoms with Crippen molar-refractivity contribution in [3.05, 3.63) is 52.1 Å². The third kappa shape index (κ3) is 6.18. The highest BCUT2D eigenvalue weighted by Crippen LogP contribution is 2.30. The topological polar surface area (TPSA) is 140 Å². The van der Waals surface area contributed by atoms with Gasteiger partial charge in [0, 0.05) is 44.6 Å². The Bertz CT molecular complexity index is 1100. The number of anilines is 2. The summed E-state index contributed by atoms with van der Waals surface area (Å²) in [6.07, 6.45) is 0. The number of rotatable bonds is 12. The monoisotopic (exact) mass is 480 g/mol. The maximum atomic E-state index is 13.1. The SMILES string of the molecule is CCN(CC)S(=O)(=O)c1ccc(OC)c(NC(=O)c2cc([N+](=O)[O-])ccc2NCCOC)c1. The van der Waals surface area contributed by atoms with Gasteiger partial charge in [-0.15, -0.1) is 0 Å². The number of ether oxygens (including phenoxy) is 2. The van der Waals surface area contributed by atoms with E-state index in [1.165, 1.54) is 48.9 Å². The number of hydrogen-bond donors (Lipinski definition) is 2. The molecule has 1 amide bonds. The van der Waals surface area contributed by atoms with Crippen LogP contribution in [0.5, 0.6) is 5.75 Å². The van der Waals surface area contributed by atoms with Gasteiger partial charge >= 0.3 is 0 Å². The van der Waals surface area contributed by atoms with Gasteiger partial charge in [0.05, 0.1) is 34.8 Å². The Morgan fingerprint density at radius 1 is 1.09 bits per heavy atom. The zero-order valence-corrected chi connectivity index (χ0v) is 19.8. The number of nitro benzene ring substituents is 1. The zero-order valence-electron chi connectivity index (χ0n) is 19.0. The van der Waals surface area contributed by atoms with Gasteiger partial charge in [0.15, 0.2) is 0 Å². The lowest BCUT2D eigenvalue weighted by Crippen LogP contribution is -2.30. The number of nitrogens with one attached hydrogen (secondary N) is 2. The minimum atomic E-state index is -3.78. The Hall–Kier alpha value is -3.22. The van der Waals surface area contributed by atoms with E-state index in [1.54, 1.807) is 13.8 Å². The van der Waals surface area contributed by atoms with Crippen LogP contribution in [0, 0.1) is 10.1 Å². The number of amides is 1. The molecule has 0 unspecified atom stereocenters. The number of sulfonamides is 1. The molecule has 0 radical (unpaired) electrons. The predicted molar refractivity (Wildman–Crippen MR) is 125 cm³/mol. The molecule has 0 bridgehead atoms. The first kappa shape index (κ1) is 26.0. The normalized spacial score (nSPS) is 11.3. The summed E-state index contributed by atoms with van der Waals surface area (Å²) in [5, 5.41) is 16.8. The number of nitrogens with zero attached hydrogens (tertiary/aromatic N) is 2. The van der Waals surface area contributed by atoms with Crippen molar-refractivity contribution in [3.63, 3.8) is 0 Å². The van der Waals surface area contributed by atoms with E-state index in [9.17, 15) is 23.3 Å². The maximum absolute atomic E-state index is 13.1. The molecule has 2 N–H and O–H groups in total. The van der Waals surface area contributed by atoms with Crippen LogP contribution in [-0.2, 0) is 14.8 Å². The van der Waals surface area contributed by atoms with E-state index in [0.717, 1.165) is 6.07 Å². The van der Waals surface area contributed by atoms with Crippen molar-refractivity contribution in [2.75, 3.05) is 51.1 Å². The number of hydrogen-bond acceptors (Lipinski definition) is 8.